The number of nitro groups is 1. The van der Waals surface area contributed by atoms with Crippen molar-refractivity contribution in [2.75, 3.05) is 32.1 Å². The lowest BCUT2D eigenvalue weighted by Gasteiger charge is -2.13. The maximum atomic E-state index is 12.2. The van der Waals surface area contributed by atoms with Crippen LogP contribution < -0.4 is 15.0 Å². The number of ether oxygens (including phenoxy) is 1. The Kier molecular flexibility index (Phi) is 7.43. The van der Waals surface area contributed by atoms with Crippen molar-refractivity contribution in [2.45, 2.75) is 12.8 Å². The van der Waals surface area contributed by atoms with Gasteiger partial charge >= 0.3 is 0 Å². The van der Waals surface area contributed by atoms with Gasteiger partial charge in [-0.05, 0) is 49.2 Å². The second-order valence-electron chi connectivity index (χ2n) is 6.12. The van der Waals surface area contributed by atoms with Gasteiger partial charge in [-0.1, -0.05) is 11.6 Å². The van der Waals surface area contributed by atoms with Crippen molar-refractivity contribution in [3.05, 3.63) is 63.2 Å². The molecule has 0 aliphatic heterocycles. The summed E-state index contributed by atoms with van der Waals surface area (Å²) in [7, 11) is 3.43. The van der Waals surface area contributed by atoms with Crippen LogP contribution in [0.2, 0.25) is 5.02 Å². The summed E-state index contributed by atoms with van der Waals surface area (Å²) < 4.78 is 5.58. The third-order valence-electron chi connectivity index (χ3n) is 3.86. The lowest BCUT2D eigenvalue weighted by molar-refractivity contribution is -0.384. The molecule has 2 aromatic carbocycles. The smallest absolute Gasteiger partial charge is 0.293 e. The normalized spacial score (nSPS) is 10.3. The molecule has 0 aliphatic rings. The van der Waals surface area contributed by atoms with Crippen molar-refractivity contribution in [3.8, 4) is 5.75 Å². The highest BCUT2D eigenvalue weighted by molar-refractivity contribution is 6.30. The van der Waals surface area contributed by atoms with Crippen LogP contribution >= 0.6 is 11.6 Å². The van der Waals surface area contributed by atoms with E-state index in [4.69, 9.17) is 16.3 Å². The molecular weight excluding hydrogens is 370 g/mol. The van der Waals surface area contributed by atoms with Crippen LogP contribution in [-0.4, -0.2) is 38.1 Å². The third-order valence-corrected chi connectivity index (χ3v) is 4.11. The number of halogens is 1. The zero-order valence-corrected chi connectivity index (χ0v) is 16.0. The molecule has 0 saturated carbocycles. The molecule has 0 fully saturated rings. The van der Waals surface area contributed by atoms with Crippen LogP contribution in [0.1, 0.15) is 23.2 Å². The molecule has 27 heavy (non-hydrogen) atoms. The van der Waals surface area contributed by atoms with Crippen LogP contribution in [-0.2, 0) is 0 Å². The van der Waals surface area contributed by atoms with E-state index in [-0.39, 0.29) is 17.2 Å². The molecule has 1 N–H and O–H groups in total. The van der Waals surface area contributed by atoms with Crippen molar-refractivity contribution < 1.29 is 14.5 Å². The molecule has 0 bridgehead atoms. The number of nitrogens with one attached hydrogen (secondary N) is 1. The van der Waals surface area contributed by atoms with E-state index in [2.05, 4.69) is 5.32 Å². The molecule has 0 saturated heterocycles. The lowest BCUT2D eigenvalue weighted by Crippen LogP contribution is -2.25. The molecule has 0 heterocycles. The summed E-state index contributed by atoms with van der Waals surface area (Å²) in [6, 6.07) is 11.6. The minimum absolute atomic E-state index is 0.0935. The molecule has 0 aromatic heterocycles. The van der Waals surface area contributed by atoms with Gasteiger partial charge in [0.25, 0.3) is 11.6 Å². The first-order valence-corrected chi connectivity index (χ1v) is 8.88. The first-order chi connectivity index (χ1) is 12.9. The summed E-state index contributed by atoms with van der Waals surface area (Å²) in [5.41, 5.74) is 0.629. The number of nitrogens with zero attached hydrogens (tertiary/aromatic N) is 2. The monoisotopic (exact) mass is 391 g/mol. The van der Waals surface area contributed by atoms with Crippen molar-refractivity contribution in [1.82, 2.24) is 5.32 Å². The average molecular weight is 392 g/mol. The highest BCUT2D eigenvalue weighted by atomic mass is 35.5. The number of carbonyl (C=O) groups excluding carboxylic acids is 1. The molecule has 8 heteroatoms. The Bertz CT molecular complexity index is 794. The molecule has 0 spiro atoms. The van der Waals surface area contributed by atoms with Gasteiger partial charge < -0.3 is 15.0 Å². The fourth-order valence-electron chi connectivity index (χ4n) is 2.44. The van der Waals surface area contributed by atoms with E-state index in [0.29, 0.717) is 23.9 Å². The van der Waals surface area contributed by atoms with Crippen molar-refractivity contribution in [3.63, 3.8) is 0 Å². The minimum atomic E-state index is -0.486. The molecule has 144 valence electrons. The summed E-state index contributed by atoms with van der Waals surface area (Å²) in [5.74, 6) is 0.416. The number of carbonyl (C=O) groups is 1. The Labute approximate surface area is 163 Å². The molecule has 0 atom stereocenters. The number of rotatable bonds is 9. The molecule has 7 nitrogen and oxygen atoms in total. The van der Waals surface area contributed by atoms with Gasteiger partial charge in [0.1, 0.15) is 11.4 Å². The number of hydrogen-bond donors (Lipinski definition) is 1. The number of benzene rings is 2. The van der Waals surface area contributed by atoms with E-state index in [1.165, 1.54) is 6.07 Å². The number of amides is 1. The van der Waals surface area contributed by atoms with Gasteiger partial charge in [-0.3, -0.25) is 14.9 Å². The van der Waals surface area contributed by atoms with Gasteiger partial charge in [0, 0.05) is 37.3 Å². The third kappa shape index (κ3) is 6.14. The largest absolute Gasteiger partial charge is 0.494 e. The van der Waals surface area contributed by atoms with E-state index >= 15 is 0 Å². The predicted octanol–water partition coefficient (Wildman–Crippen LogP) is 3.90. The van der Waals surface area contributed by atoms with Crippen LogP contribution in [0.15, 0.2) is 42.5 Å². The van der Waals surface area contributed by atoms with Crippen LogP contribution in [0.5, 0.6) is 5.75 Å². The maximum absolute atomic E-state index is 12.2. The first-order valence-electron chi connectivity index (χ1n) is 8.51. The highest BCUT2D eigenvalue weighted by Crippen LogP contribution is 2.27. The zero-order chi connectivity index (χ0) is 19.8. The molecule has 0 unspecified atom stereocenters. The van der Waals surface area contributed by atoms with Crippen LogP contribution in [0.25, 0.3) is 0 Å². The molecule has 1 amide bonds. The number of anilines is 1. The van der Waals surface area contributed by atoms with Gasteiger partial charge in [0.2, 0.25) is 0 Å². The number of nitro benzene ring substituents is 1. The van der Waals surface area contributed by atoms with Crippen LogP contribution in [0.3, 0.4) is 0 Å². The summed E-state index contributed by atoms with van der Waals surface area (Å²) >= 11 is 5.81. The second kappa shape index (κ2) is 9.78. The number of unbranched alkanes of at least 4 members (excludes halogenated alkanes) is 1. The van der Waals surface area contributed by atoms with Crippen LogP contribution in [0, 0.1) is 10.1 Å². The average Bonchev–Trinajstić information content (AvgIpc) is 2.65. The van der Waals surface area contributed by atoms with E-state index in [1.54, 1.807) is 55.4 Å². The van der Waals surface area contributed by atoms with Gasteiger partial charge in [-0.25, -0.2) is 0 Å². The van der Waals surface area contributed by atoms with E-state index in [9.17, 15) is 14.9 Å². The fraction of sp³-hybridized carbons (Fsp3) is 0.316. The SMILES string of the molecule is CN(C)c1ccc(C(=O)NCCCCOc2ccc(Cl)cc2)cc1[N+](=O)[O-]. The summed E-state index contributed by atoms with van der Waals surface area (Å²) in [4.78, 5) is 24.5. The van der Waals surface area contributed by atoms with Gasteiger partial charge in [0.15, 0.2) is 0 Å². The number of hydrogen-bond acceptors (Lipinski definition) is 5. The second-order valence-corrected chi connectivity index (χ2v) is 6.56. The van der Waals surface area contributed by atoms with Crippen LogP contribution in [0.4, 0.5) is 11.4 Å². The Morgan fingerprint density at radius 1 is 1.19 bits per heavy atom. The topological polar surface area (TPSA) is 84.7 Å². The highest BCUT2D eigenvalue weighted by Gasteiger charge is 2.18. The van der Waals surface area contributed by atoms with E-state index in [1.807, 2.05) is 0 Å². The Morgan fingerprint density at radius 2 is 1.89 bits per heavy atom. The van der Waals surface area contributed by atoms with E-state index < -0.39 is 4.92 Å². The Hall–Kier alpha value is -2.80. The van der Waals surface area contributed by atoms with Crippen molar-refractivity contribution >= 4 is 28.9 Å². The molecule has 0 radical (unpaired) electrons. The summed E-state index contributed by atoms with van der Waals surface area (Å²) in [6.07, 6.45) is 1.50. The quantitative estimate of drug-likeness (QED) is 0.398. The summed E-state index contributed by atoms with van der Waals surface area (Å²) in [6.45, 7) is 0.993. The first kappa shape index (κ1) is 20.5. The molecular formula is C19H22ClN3O4. The van der Waals surface area contributed by atoms with Gasteiger partial charge in [-0.2, -0.15) is 0 Å². The fourth-order valence-corrected chi connectivity index (χ4v) is 2.57. The van der Waals surface area contributed by atoms with Crippen molar-refractivity contribution in [2.24, 2.45) is 0 Å². The zero-order valence-electron chi connectivity index (χ0n) is 15.3. The van der Waals surface area contributed by atoms with Gasteiger partial charge in [0.05, 0.1) is 11.5 Å². The minimum Gasteiger partial charge on any atom is -0.494 e. The Balaban J connectivity index is 1.77. The van der Waals surface area contributed by atoms with Gasteiger partial charge in [-0.15, -0.1) is 0 Å². The molecule has 2 rings (SSSR count). The van der Waals surface area contributed by atoms with E-state index in [0.717, 1.165) is 18.6 Å². The molecule has 0 aliphatic carbocycles. The summed E-state index contributed by atoms with van der Waals surface area (Å²) in [5, 5.41) is 14.6. The lowest BCUT2D eigenvalue weighted by atomic mass is 10.1. The Morgan fingerprint density at radius 3 is 2.52 bits per heavy atom. The van der Waals surface area contributed by atoms with Crippen molar-refractivity contribution in [1.29, 1.82) is 0 Å². The molecule has 2 aromatic rings. The maximum Gasteiger partial charge on any atom is 0.293 e. The standard InChI is InChI=1S/C19H22ClN3O4/c1-22(2)17-10-5-14(13-18(17)23(25)26)19(24)21-11-3-4-12-27-16-8-6-15(20)7-9-16/h5-10,13H,3-4,11-12H2,1-2H3,(H,21,24). The predicted molar refractivity (Wildman–Crippen MR) is 106 cm³/mol.